The molecule has 1 N–H and O–H groups in total. The van der Waals surface area contributed by atoms with E-state index in [9.17, 15) is 5.11 Å². The molecule has 0 aromatic heterocycles. The highest BCUT2D eigenvalue weighted by atomic mass is 16.3. The Labute approximate surface area is 186 Å². The lowest BCUT2D eigenvalue weighted by molar-refractivity contribution is 0.0614. The lowest BCUT2D eigenvalue weighted by Gasteiger charge is -2.42. The van der Waals surface area contributed by atoms with Crippen molar-refractivity contribution >= 4 is 0 Å². The maximum absolute atomic E-state index is 10.1. The van der Waals surface area contributed by atoms with E-state index < -0.39 is 5.60 Å². The van der Waals surface area contributed by atoms with Crippen LogP contribution in [0, 0.1) is 46.8 Å². The van der Waals surface area contributed by atoms with Gasteiger partial charge in [-0.1, -0.05) is 64.0 Å². The summed E-state index contributed by atoms with van der Waals surface area (Å²) in [5.41, 5.74) is 4.28. The monoisotopic (exact) mass is 410 g/mol. The maximum atomic E-state index is 10.1. The van der Waals surface area contributed by atoms with Crippen molar-refractivity contribution in [2.24, 2.45) is 35.0 Å². The summed E-state index contributed by atoms with van der Waals surface area (Å²) in [7, 11) is 0. The summed E-state index contributed by atoms with van der Waals surface area (Å²) in [4.78, 5) is 0. The van der Waals surface area contributed by atoms with Gasteiger partial charge in [0.05, 0.1) is 5.60 Å². The zero-order chi connectivity index (χ0) is 22.1. The van der Waals surface area contributed by atoms with Crippen LogP contribution in [0.25, 0.3) is 0 Å². The molecule has 3 rings (SSSR count). The highest BCUT2D eigenvalue weighted by Crippen LogP contribution is 2.58. The molecule has 0 spiro atoms. The zero-order valence-electron chi connectivity index (χ0n) is 20.8. The van der Waals surface area contributed by atoms with Gasteiger partial charge in [-0.05, 0) is 101 Å². The number of fused-ring (bicyclic) bond motifs is 1. The van der Waals surface area contributed by atoms with Crippen LogP contribution in [0.15, 0.2) is 22.8 Å². The molecular formula is C29H46O. The largest absolute Gasteiger partial charge is 0.390 e. The van der Waals surface area contributed by atoms with Crippen LogP contribution in [-0.4, -0.2) is 10.7 Å². The van der Waals surface area contributed by atoms with E-state index >= 15 is 0 Å². The predicted octanol–water partition coefficient (Wildman–Crippen LogP) is 7.70. The van der Waals surface area contributed by atoms with Crippen molar-refractivity contribution in [1.29, 1.82) is 0 Å². The highest BCUT2D eigenvalue weighted by Gasteiger charge is 2.50. The van der Waals surface area contributed by atoms with Gasteiger partial charge in [-0.25, -0.2) is 0 Å². The van der Waals surface area contributed by atoms with Gasteiger partial charge in [0.2, 0.25) is 0 Å². The van der Waals surface area contributed by atoms with Crippen LogP contribution in [-0.2, 0) is 0 Å². The number of rotatable bonds is 5. The molecule has 1 nitrogen and oxygen atoms in total. The Kier molecular flexibility index (Phi) is 7.29. The normalized spacial score (nSPS) is 35.4. The van der Waals surface area contributed by atoms with E-state index in [2.05, 4.69) is 52.5 Å². The van der Waals surface area contributed by atoms with Gasteiger partial charge >= 0.3 is 0 Å². The van der Waals surface area contributed by atoms with E-state index in [0.29, 0.717) is 17.3 Å². The molecule has 3 aliphatic rings. The molecule has 1 fully saturated rings. The third-order valence-corrected chi connectivity index (χ3v) is 8.85. The standard InChI is InChI=1S/C29H46O/c1-20-18-22(3)23(4)25(19-20)13-12-24-11-9-17-29(7)26(14-15-27(24)29)21(2)10-8-16-28(5,6)30/h11,20-22,26-27,30H,8-10,14-19H2,1-7H3. The minimum Gasteiger partial charge on any atom is -0.390 e. The van der Waals surface area contributed by atoms with Gasteiger partial charge in [-0.2, -0.15) is 0 Å². The number of hydrogen-bond donors (Lipinski definition) is 1. The molecule has 0 heterocycles. The second-order valence-corrected chi connectivity index (χ2v) is 12.0. The molecule has 30 heavy (non-hydrogen) atoms. The molecule has 168 valence electrons. The zero-order valence-corrected chi connectivity index (χ0v) is 20.8. The summed E-state index contributed by atoms with van der Waals surface area (Å²) in [5, 5.41) is 10.1. The fourth-order valence-corrected chi connectivity index (χ4v) is 6.91. The fraction of sp³-hybridized carbons (Fsp3) is 0.793. The van der Waals surface area contributed by atoms with Gasteiger partial charge in [-0.15, -0.1) is 0 Å². The second-order valence-electron chi connectivity index (χ2n) is 12.0. The van der Waals surface area contributed by atoms with Crippen molar-refractivity contribution in [3.05, 3.63) is 22.8 Å². The van der Waals surface area contributed by atoms with Crippen LogP contribution < -0.4 is 0 Å². The van der Waals surface area contributed by atoms with Crippen molar-refractivity contribution in [2.75, 3.05) is 0 Å². The molecule has 0 bridgehead atoms. The molecule has 1 saturated carbocycles. The Balaban J connectivity index is 1.71. The third-order valence-electron chi connectivity index (χ3n) is 8.85. The van der Waals surface area contributed by atoms with Gasteiger partial charge < -0.3 is 5.11 Å². The van der Waals surface area contributed by atoms with E-state index in [1.54, 1.807) is 0 Å². The van der Waals surface area contributed by atoms with Crippen LogP contribution in [0.2, 0.25) is 0 Å². The first-order valence-electron chi connectivity index (χ1n) is 12.7. The summed E-state index contributed by atoms with van der Waals surface area (Å²) >= 11 is 0. The molecule has 0 radical (unpaired) electrons. The van der Waals surface area contributed by atoms with E-state index in [1.807, 2.05) is 13.8 Å². The lowest BCUT2D eigenvalue weighted by Crippen LogP contribution is -2.35. The van der Waals surface area contributed by atoms with Gasteiger partial charge in [0.1, 0.15) is 0 Å². The predicted molar refractivity (Wildman–Crippen MR) is 129 cm³/mol. The summed E-state index contributed by atoms with van der Waals surface area (Å²) in [6.45, 7) is 15.9. The minimum atomic E-state index is -0.529. The molecule has 3 aliphatic carbocycles. The average Bonchev–Trinajstić information content (AvgIpc) is 3.00. The Hall–Kier alpha value is -1.00. The van der Waals surface area contributed by atoms with Gasteiger partial charge in [0, 0.05) is 11.1 Å². The van der Waals surface area contributed by atoms with Crippen LogP contribution in [0.4, 0.5) is 0 Å². The number of hydrogen-bond acceptors (Lipinski definition) is 1. The topological polar surface area (TPSA) is 20.2 Å². The minimum absolute atomic E-state index is 0.406. The molecule has 0 aromatic carbocycles. The summed E-state index contributed by atoms with van der Waals surface area (Å²) in [5.74, 6) is 11.0. The van der Waals surface area contributed by atoms with Crippen LogP contribution in [0.5, 0.6) is 0 Å². The van der Waals surface area contributed by atoms with Crippen molar-refractivity contribution in [1.82, 2.24) is 0 Å². The first-order valence-corrected chi connectivity index (χ1v) is 12.7. The third kappa shape index (κ3) is 5.24. The molecule has 0 aromatic rings. The Morgan fingerprint density at radius 2 is 1.97 bits per heavy atom. The molecule has 6 unspecified atom stereocenters. The van der Waals surface area contributed by atoms with Gasteiger partial charge in [-0.3, -0.25) is 0 Å². The quantitative estimate of drug-likeness (QED) is 0.460. The molecule has 6 atom stereocenters. The van der Waals surface area contributed by atoms with Crippen LogP contribution >= 0.6 is 0 Å². The Bertz CT molecular complexity index is 737. The summed E-state index contributed by atoms with van der Waals surface area (Å²) in [6, 6.07) is 0. The summed E-state index contributed by atoms with van der Waals surface area (Å²) < 4.78 is 0. The maximum Gasteiger partial charge on any atom is 0.0591 e. The van der Waals surface area contributed by atoms with Crippen molar-refractivity contribution < 1.29 is 5.11 Å². The number of allylic oxidation sites excluding steroid dienone is 4. The van der Waals surface area contributed by atoms with E-state index in [4.69, 9.17) is 0 Å². The highest BCUT2D eigenvalue weighted by molar-refractivity contribution is 5.44. The fourth-order valence-electron chi connectivity index (χ4n) is 6.91. The first kappa shape index (κ1) is 23.7. The van der Waals surface area contributed by atoms with E-state index in [1.165, 1.54) is 61.7 Å². The van der Waals surface area contributed by atoms with Crippen LogP contribution in [0.1, 0.15) is 106 Å². The molecule has 0 aliphatic heterocycles. The molecule has 0 saturated heterocycles. The SMILES string of the molecule is CC1=C(C#CC2=CCCC3(C)C2CCC3C(C)CCCC(C)(C)O)CC(C)CC1C. The summed E-state index contributed by atoms with van der Waals surface area (Å²) in [6.07, 6.45) is 13.4. The van der Waals surface area contributed by atoms with Crippen molar-refractivity contribution in [2.45, 2.75) is 112 Å². The van der Waals surface area contributed by atoms with E-state index in [-0.39, 0.29) is 0 Å². The van der Waals surface area contributed by atoms with Gasteiger partial charge in [0.15, 0.2) is 0 Å². The van der Waals surface area contributed by atoms with Crippen molar-refractivity contribution in [3.63, 3.8) is 0 Å². The van der Waals surface area contributed by atoms with Gasteiger partial charge in [0.25, 0.3) is 0 Å². The Morgan fingerprint density at radius 3 is 2.67 bits per heavy atom. The van der Waals surface area contributed by atoms with E-state index in [0.717, 1.165) is 30.6 Å². The molecule has 0 amide bonds. The smallest absolute Gasteiger partial charge is 0.0591 e. The number of aliphatic hydroxyl groups is 1. The molecule has 1 heteroatoms. The average molecular weight is 411 g/mol. The second kappa shape index (κ2) is 9.24. The first-order chi connectivity index (χ1) is 14.0. The lowest BCUT2D eigenvalue weighted by atomic mass is 9.62. The van der Waals surface area contributed by atoms with Crippen LogP contribution in [0.3, 0.4) is 0 Å². The molecular weight excluding hydrogens is 364 g/mol. The van der Waals surface area contributed by atoms with Crippen molar-refractivity contribution in [3.8, 4) is 11.8 Å². The Morgan fingerprint density at radius 1 is 1.23 bits per heavy atom.